The summed E-state index contributed by atoms with van der Waals surface area (Å²) < 4.78 is 35.1. The van der Waals surface area contributed by atoms with Crippen LogP contribution in [0.15, 0.2) is 23.1 Å². The molecule has 2 heterocycles. The Morgan fingerprint density at radius 1 is 1.32 bits per heavy atom. The first-order valence-electron chi connectivity index (χ1n) is 8.39. The van der Waals surface area contributed by atoms with E-state index in [0.29, 0.717) is 30.2 Å². The van der Waals surface area contributed by atoms with Gasteiger partial charge < -0.3 is 14.6 Å². The van der Waals surface area contributed by atoms with Crippen LogP contribution in [-0.2, 0) is 34.5 Å². The Morgan fingerprint density at radius 3 is 2.96 bits per heavy atom. The molecule has 0 amide bonds. The summed E-state index contributed by atoms with van der Waals surface area (Å²) in [6.07, 6.45) is 1.83. The van der Waals surface area contributed by atoms with E-state index in [0.717, 1.165) is 36.7 Å². The highest BCUT2D eigenvalue weighted by Gasteiger charge is 2.29. The molecule has 134 valence electrons. The van der Waals surface area contributed by atoms with Gasteiger partial charge in [-0.15, -0.1) is 10.2 Å². The van der Waals surface area contributed by atoms with Gasteiger partial charge in [0.25, 0.3) is 0 Å². The first-order valence-corrected chi connectivity index (χ1v) is 9.87. The number of sulfonamides is 1. The highest BCUT2D eigenvalue weighted by atomic mass is 32.2. The van der Waals surface area contributed by atoms with Crippen LogP contribution in [0.1, 0.15) is 30.1 Å². The minimum atomic E-state index is -3.48. The number of benzene rings is 1. The molecule has 0 atom stereocenters. The Balaban J connectivity index is 1.53. The smallest absolute Gasteiger partial charge is 0.241 e. The van der Waals surface area contributed by atoms with Crippen LogP contribution in [0.4, 0.5) is 5.69 Å². The predicted octanol–water partition coefficient (Wildman–Crippen LogP) is 1.17. The highest BCUT2D eigenvalue weighted by molar-refractivity contribution is 7.89. The number of anilines is 1. The van der Waals surface area contributed by atoms with E-state index in [1.165, 1.54) is 0 Å². The second kappa shape index (κ2) is 6.40. The fraction of sp³-hybridized carbons (Fsp3) is 0.500. The van der Waals surface area contributed by atoms with Gasteiger partial charge in [0.15, 0.2) is 11.6 Å². The number of rotatable bonds is 6. The molecule has 0 radical (unpaired) electrons. The van der Waals surface area contributed by atoms with Crippen LogP contribution in [0.25, 0.3) is 0 Å². The van der Waals surface area contributed by atoms with Crippen LogP contribution in [0.5, 0.6) is 0 Å². The van der Waals surface area contributed by atoms with Gasteiger partial charge >= 0.3 is 0 Å². The SMILES string of the molecule is Cc1c(NCc2nnc3n2CCOC3)cccc1S(=O)(=O)NC1CC1. The fourth-order valence-electron chi connectivity index (χ4n) is 2.94. The topological polar surface area (TPSA) is 98.1 Å². The van der Waals surface area contributed by atoms with Crippen molar-refractivity contribution >= 4 is 15.7 Å². The second-order valence-corrected chi connectivity index (χ2v) is 8.10. The van der Waals surface area contributed by atoms with Crippen molar-refractivity contribution in [2.24, 2.45) is 0 Å². The van der Waals surface area contributed by atoms with Crippen LogP contribution >= 0.6 is 0 Å². The number of aromatic nitrogens is 3. The molecule has 0 bridgehead atoms. The number of nitrogens with one attached hydrogen (secondary N) is 2. The lowest BCUT2D eigenvalue weighted by Gasteiger charge is -2.17. The van der Waals surface area contributed by atoms with E-state index in [1.807, 2.05) is 17.6 Å². The number of hydrogen-bond donors (Lipinski definition) is 2. The highest BCUT2D eigenvalue weighted by Crippen LogP contribution is 2.27. The minimum Gasteiger partial charge on any atom is -0.377 e. The van der Waals surface area contributed by atoms with Gasteiger partial charge in [0, 0.05) is 18.3 Å². The van der Waals surface area contributed by atoms with E-state index in [9.17, 15) is 8.42 Å². The lowest BCUT2D eigenvalue weighted by atomic mass is 10.2. The number of fused-ring (bicyclic) bond motifs is 1. The molecule has 25 heavy (non-hydrogen) atoms. The largest absolute Gasteiger partial charge is 0.377 e. The Hall–Kier alpha value is -1.97. The third kappa shape index (κ3) is 3.39. The maximum atomic E-state index is 12.5. The second-order valence-electron chi connectivity index (χ2n) is 6.41. The van der Waals surface area contributed by atoms with Gasteiger partial charge in [-0.25, -0.2) is 13.1 Å². The molecule has 1 fully saturated rings. The number of hydrogen-bond acceptors (Lipinski definition) is 6. The summed E-state index contributed by atoms with van der Waals surface area (Å²) in [5, 5.41) is 11.6. The lowest BCUT2D eigenvalue weighted by molar-refractivity contribution is 0.0807. The zero-order valence-electron chi connectivity index (χ0n) is 14.0. The predicted molar refractivity (Wildman–Crippen MR) is 91.5 cm³/mol. The average Bonchev–Trinajstić information content (AvgIpc) is 3.30. The van der Waals surface area contributed by atoms with Crippen molar-refractivity contribution in [1.82, 2.24) is 19.5 Å². The van der Waals surface area contributed by atoms with Crippen molar-refractivity contribution in [3.63, 3.8) is 0 Å². The molecule has 8 nitrogen and oxygen atoms in total. The first-order chi connectivity index (χ1) is 12.0. The molecular weight excluding hydrogens is 342 g/mol. The van der Waals surface area contributed by atoms with E-state index in [4.69, 9.17) is 4.74 Å². The molecule has 9 heteroatoms. The molecular formula is C16H21N5O3S. The van der Waals surface area contributed by atoms with Gasteiger partial charge in [0.05, 0.1) is 18.0 Å². The quantitative estimate of drug-likeness (QED) is 0.799. The molecule has 0 spiro atoms. The van der Waals surface area contributed by atoms with E-state index in [-0.39, 0.29) is 6.04 Å². The van der Waals surface area contributed by atoms with Gasteiger partial charge in [-0.1, -0.05) is 6.07 Å². The van der Waals surface area contributed by atoms with Crippen LogP contribution in [-0.4, -0.2) is 35.8 Å². The van der Waals surface area contributed by atoms with Crippen LogP contribution in [0, 0.1) is 6.92 Å². The van der Waals surface area contributed by atoms with Crippen molar-refractivity contribution in [3.05, 3.63) is 35.4 Å². The molecule has 2 aliphatic rings. The van der Waals surface area contributed by atoms with Crippen molar-refractivity contribution < 1.29 is 13.2 Å². The van der Waals surface area contributed by atoms with E-state index in [2.05, 4.69) is 20.2 Å². The third-order valence-electron chi connectivity index (χ3n) is 4.50. The van der Waals surface area contributed by atoms with Crippen LogP contribution < -0.4 is 10.0 Å². The van der Waals surface area contributed by atoms with Gasteiger partial charge in [-0.05, 0) is 37.5 Å². The normalized spacial score (nSPS) is 17.3. The molecule has 4 rings (SSSR count). The van der Waals surface area contributed by atoms with Crippen molar-refractivity contribution in [3.8, 4) is 0 Å². The van der Waals surface area contributed by atoms with Crippen molar-refractivity contribution in [2.45, 2.75) is 50.4 Å². The molecule has 2 N–H and O–H groups in total. The Bertz CT molecular complexity index is 889. The maximum Gasteiger partial charge on any atom is 0.241 e. The first kappa shape index (κ1) is 16.5. The Morgan fingerprint density at radius 2 is 2.16 bits per heavy atom. The van der Waals surface area contributed by atoms with E-state index < -0.39 is 10.0 Å². The van der Waals surface area contributed by atoms with Gasteiger partial charge in [0.2, 0.25) is 10.0 Å². The minimum absolute atomic E-state index is 0.0887. The van der Waals surface area contributed by atoms with Gasteiger partial charge in [0.1, 0.15) is 6.61 Å². The van der Waals surface area contributed by atoms with Crippen LogP contribution in [0.3, 0.4) is 0 Å². The Labute approximate surface area is 146 Å². The average molecular weight is 363 g/mol. The van der Waals surface area contributed by atoms with Crippen LogP contribution in [0.2, 0.25) is 0 Å². The molecule has 0 saturated heterocycles. The molecule has 0 unspecified atom stereocenters. The zero-order chi connectivity index (χ0) is 17.4. The van der Waals surface area contributed by atoms with E-state index >= 15 is 0 Å². The van der Waals surface area contributed by atoms with E-state index in [1.54, 1.807) is 12.1 Å². The lowest BCUT2D eigenvalue weighted by Crippen LogP contribution is -2.26. The summed E-state index contributed by atoms with van der Waals surface area (Å²) in [6.45, 7) is 4.16. The molecule has 1 saturated carbocycles. The molecule has 1 aliphatic heterocycles. The molecule has 1 aliphatic carbocycles. The van der Waals surface area contributed by atoms with Gasteiger partial charge in [-0.3, -0.25) is 0 Å². The summed E-state index contributed by atoms with van der Waals surface area (Å²) in [7, 11) is -3.48. The monoisotopic (exact) mass is 363 g/mol. The molecule has 1 aromatic heterocycles. The summed E-state index contributed by atoms with van der Waals surface area (Å²) in [6, 6.07) is 5.36. The maximum absolute atomic E-state index is 12.5. The number of nitrogens with zero attached hydrogens (tertiary/aromatic N) is 3. The zero-order valence-corrected chi connectivity index (χ0v) is 14.8. The van der Waals surface area contributed by atoms with Crippen molar-refractivity contribution in [2.75, 3.05) is 11.9 Å². The Kier molecular flexibility index (Phi) is 4.22. The van der Waals surface area contributed by atoms with Gasteiger partial charge in [-0.2, -0.15) is 0 Å². The standard InChI is InChI=1S/C16H21N5O3S/c1-11-13(3-2-4-14(11)25(22,23)20-12-5-6-12)17-9-15-18-19-16-10-24-8-7-21(15)16/h2-4,12,17,20H,5-10H2,1H3. The van der Waals surface area contributed by atoms with Crippen molar-refractivity contribution in [1.29, 1.82) is 0 Å². The third-order valence-corrected chi connectivity index (χ3v) is 6.17. The summed E-state index contributed by atoms with van der Waals surface area (Å²) in [5.74, 6) is 1.65. The summed E-state index contributed by atoms with van der Waals surface area (Å²) >= 11 is 0. The summed E-state index contributed by atoms with van der Waals surface area (Å²) in [5.41, 5.74) is 1.49. The fourth-order valence-corrected chi connectivity index (χ4v) is 4.52. The summed E-state index contributed by atoms with van der Waals surface area (Å²) in [4.78, 5) is 0.320. The molecule has 2 aromatic rings. The number of ether oxygens (including phenoxy) is 1. The molecule has 1 aromatic carbocycles.